The highest BCUT2D eigenvalue weighted by Gasteiger charge is 2.31. The Hall–Kier alpha value is -0.610. The van der Waals surface area contributed by atoms with E-state index in [0.717, 1.165) is 31.7 Å². The molecule has 3 atom stereocenters. The Labute approximate surface area is 103 Å². The number of ether oxygens (including phenoxy) is 1. The van der Waals surface area contributed by atoms with Crippen molar-refractivity contribution in [3.05, 3.63) is 0 Å². The molecule has 1 saturated carbocycles. The second-order valence-electron chi connectivity index (χ2n) is 5.35. The van der Waals surface area contributed by atoms with Crippen LogP contribution in [0.4, 0.5) is 0 Å². The molecule has 0 aromatic heterocycles. The molecule has 17 heavy (non-hydrogen) atoms. The van der Waals surface area contributed by atoms with Crippen molar-refractivity contribution < 1.29 is 9.53 Å². The quantitative estimate of drug-likeness (QED) is 0.730. The van der Waals surface area contributed by atoms with Crippen LogP contribution in [0.2, 0.25) is 0 Å². The maximum absolute atomic E-state index is 12.0. The first-order chi connectivity index (χ1) is 8.22. The minimum atomic E-state index is -0.0618. The standard InChI is InChI=1S/C13H24N2O2/c1-3-10(6-9-4-5-9)15-13(16)12-7-11(17-2)8-14-12/h9-12,14H,3-8H2,1-2H3,(H,15,16). The lowest BCUT2D eigenvalue weighted by Crippen LogP contribution is -2.45. The maximum Gasteiger partial charge on any atom is 0.237 e. The van der Waals surface area contributed by atoms with Crippen LogP contribution in [0.1, 0.15) is 39.0 Å². The molecule has 98 valence electrons. The van der Waals surface area contributed by atoms with E-state index in [1.54, 1.807) is 7.11 Å². The lowest BCUT2D eigenvalue weighted by Gasteiger charge is -2.19. The number of hydrogen-bond acceptors (Lipinski definition) is 3. The van der Waals surface area contributed by atoms with E-state index in [9.17, 15) is 4.79 Å². The van der Waals surface area contributed by atoms with Gasteiger partial charge in [0.05, 0.1) is 12.1 Å². The molecule has 0 aromatic carbocycles. The third-order valence-corrected chi connectivity index (χ3v) is 3.89. The van der Waals surface area contributed by atoms with Crippen LogP contribution in [0.25, 0.3) is 0 Å². The Kier molecular flexibility index (Phi) is 4.40. The number of carbonyl (C=O) groups excluding carboxylic acids is 1. The zero-order valence-corrected chi connectivity index (χ0v) is 10.9. The molecule has 1 heterocycles. The van der Waals surface area contributed by atoms with Crippen LogP contribution in [-0.2, 0) is 9.53 Å². The van der Waals surface area contributed by atoms with Crippen LogP contribution in [-0.4, -0.2) is 37.7 Å². The van der Waals surface area contributed by atoms with Gasteiger partial charge in [-0.15, -0.1) is 0 Å². The third-order valence-electron chi connectivity index (χ3n) is 3.89. The average Bonchev–Trinajstić information content (AvgIpc) is 3.02. The second-order valence-corrected chi connectivity index (χ2v) is 5.35. The molecule has 4 heteroatoms. The van der Waals surface area contributed by atoms with Gasteiger partial charge in [-0.25, -0.2) is 0 Å². The van der Waals surface area contributed by atoms with Crippen molar-refractivity contribution in [2.24, 2.45) is 5.92 Å². The lowest BCUT2D eigenvalue weighted by molar-refractivity contribution is -0.123. The van der Waals surface area contributed by atoms with E-state index in [1.807, 2.05) is 0 Å². The summed E-state index contributed by atoms with van der Waals surface area (Å²) >= 11 is 0. The van der Waals surface area contributed by atoms with E-state index in [1.165, 1.54) is 12.8 Å². The van der Waals surface area contributed by atoms with Crippen molar-refractivity contribution in [1.82, 2.24) is 10.6 Å². The van der Waals surface area contributed by atoms with E-state index in [-0.39, 0.29) is 18.1 Å². The monoisotopic (exact) mass is 240 g/mol. The Morgan fingerprint density at radius 2 is 2.29 bits per heavy atom. The van der Waals surface area contributed by atoms with Gasteiger partial charge in [0.1, 0.15) is 0 Å². The van der Waals surface area contributed by atoms with Gasteiger partial charge >= 0.3 is 0 Å². The molecule has 0 spiro atoms. The summed E-state index contributed by atoms with van der Waals surface area (Å²) in [6.45, 7) is 2.93. The average molecular weight is 240 g/mol. The maximum atomic E-state index is 12.0. The summed E-state index contributed by atoms with van der Waals surface area (Å²) in [7, 11) is 1.70. The summed E-state index contributed by atoms with van der Waals surface area (Å²) < 4.78 is 5.25. The van der Waals surface area contributed by atoms with Crippen molar-refractivity contribution in [3.8, 4) is 0 Å². The van der Waals surface area contributed by atoms with Crippen LogP contribution in [0, 0.1) is 5.92 Å². The van der Waals surface area contributed by atoms with Crippen molar-refractivity contribution in [3.63, 3.8) is 0 Å². The minimum absolute atomic E-state index is 0.0618. The predicted octanol–water partition coefficient (Wildman–Crippen LogP) is 1.06. The highest BCUT2D eigenvalue weighted by atomic mass is 16.5. The number of methoxy groups -OCH3 is 1. The fraction of sp³-hybridized carbons (Fsp3) is 0.923. The topological polar surface area (TPSA) is 50.4 Å². The van der Waals surface area contributed by atoms with Gasteiger partial charge in [0.2, 0.25) is 5.91 Å². The molecule has 2 fully saturated rings. The number of hydrogen-bond donors (Lipinski definition) is 2. The highest BCUT2D eigenvalue weighted by Crippen LogP contribution is 2.34. The molecular weight excluding hydrogens is 216 g/mol. The Morgan fingerprint density at radius 1 is 1.53 bits per heavy atom. The van der Waals surface area contributed by atoms with Gasteiger partial charge < -0.3 is 15.4 Å². The molecule has 2 rings (SSSR count). The second kappa shape index (κ2) is 5.83. The first kappa shape index (κ1) is 12.8. The van der Waals surface area contributed by atoms with Gasteiger partial charge in [0.25, 0.3) is 0 Å². The molecular formula is C13H24N2O2. The summed E-state index contributed by atoms with van der Waals surface area (Å²) in [5, 5.41) is 6.39. The molecule has 1 aliphatic heterocycles. The SMILES string of the molecule is CCC(CC1CC1)NC(=O)C1CC(OC)CN1. The van der Waals surface area contributed by atoms with Crippen LogP contribution in [0.3, 0.4) is 0 Å². The summed E-state index contributed by atoms with van der Waals surface area (Å²) in [5.74, 6) is 1.01. The van der Waals surface area contributed by atoms with E-state index in [2.05, 4.69) is 17.6 Å². The van der Waals surface area contributed by atoms with E-state index >= 15 is 0 Å². The number of nitrogens with one attached hydrogen (secondary N) is 2. The normalized spacial score (nSPS) is 30.2. The summed E-state index contributed by atoms with van der Waals surface area (Å²) in [4.78, 5) is 12.0. The molecule has 1 saturated heterocycles. The van der Waals surface area contributed by atoms with Crippen molar-refractivity contribution >= 4 is 5.91 Å². The highest BCUT2D eigenvalue weighted by molar-refractivity contribution is 5.82. The van der Waals surface area contributed by atoms with E-state index < -0.39 is 0 Å². The number of carbonyl (C=O) groups is 1. The van der Waals surface area contributed by atoms with E-state index in [0.29, 0.717) is 6.04 Å². The Balaban J connectivity index is 1.74. The number of rotatable bonds is 6. The molecule has 1 aliphatic carbocycles. The zero-order chi connectivity index (χ0) is 12.3. The summed E-state index contributed by atoms with van der Waals surface area (Å²) in [6, 6.07) is 0.298. The molecule has 2 aliphatic rings. The van der Waals surface area contributed by atoms with Gasteiger partial charge in [-0.1, -0.05) is 19.8 Å². The number of amides is 1. The van der Waals surface area contributed by atoms with Crippen molar-refractivity contribution in [1.29, 1.82) is 0 Å². The fourth-order valence-corrected chi connectivity index (χ4v) is 2.47. The minimum Gasteiger partial charge on any atom is -0.380 e. The smallest absolute Gasteiger partial charge is 0.237 e. The molecule has 0 radical (unpaired) electrons. The van der Waals surface area contributed by atoms with Gasteiger partial charge in [-0.3, -0.25) is 4.79 Å². The summed E-state index contributed by atoms with van der Waals surface area (Å²) in [6.07, 6.45) is 5.86. The van der Waals surface area contributed by atoms with Crippen LogP contribution < -0.4 is 10.6 Å². The predicted molar refractivity (Wildman–Crippen MR) is 66.8 cm³/mol. The van der Waals surface area contributed by atoms with Gasteiger partial charge in [-0.2, -0.15) is 0 Å². The molecule has 3 unspecified atom stereocenters. The molecule has 1 amide bonds. The lowest BCUT2D eigenvalue weighted by atomic mass is 10.1. The van der Waals surface area contributed by atoms with Gasteiger partial charge in [0, 0.05) is 19.7 Å². The van der Waals surface area contributed by atoms with Crippen molar-refractivity contribution in [2.75, 3.05) is 13.7 Å². The van der Waals surface area contributed by atoms with Gasteiger partial charge in [-0.05, 0) is 25.2 Å². The first-order valence-electron chi connectivity index (χ1n) is 6.79. The van der Waals surface area contributed by atoms with E-state index in [4.69, 9.17) is 4.74 Å². The third kappa shape index (κ3) is 3.68. The fourth-order valence-electron chi connectivity index (χ4n) is 2.47. The largest absolute Gasteiger partial charge is 0.380 e. The molecule has 0 aromatic rings. The van der Waals surface area contributed by atoms with Crippen LogP contribution in [0.15, 0.2) is 0 Å². The Bertz CT molecular complexity index is 266. The molecule has 2 N–H and O–H groups in total. The molecule has 0 bridgehead atoms. The van der Waals surface area contributed by atoms with Gasteiger partial charge in [0.15, 0.2) is 0 Å². The van der Waals surface area contributed by atoms with Crippen LogP contribution in [0.5, 0.6) is 0 Å². The molecule has 4 nitrogen and oxygen atoms in total. The zero-order valence-electron chi connectivity index (χ0n) is 10.9. The Morgan fingerprint density at radius 3 is 2.82 bits per heavy atom. The van der Waals surface area contributed by atoms with Crippen LogP contribution >= 0.6 is 0 Å². The van der Waals surface area contributed by atoms with Crippen molar-refractivity contribution in [2.45, 2.75) is 57.2 Å². The first-order valence-corrected chi connectivity index (χ1v) is 6.79. The summed E-state index contributed by atoms with van der Waals surface area (Å²) in [5.41, 5.74) is 0.